The molecule has 0 saturated heterocycles. The van der Waals surface area contributed by atoms with Gasteiger partial charge in [0, 0.05) is 27.7 Å². The predicted octanol–water partition coefficient (Wildman–Crippen LogP) is 3.97. The van der Waals surface area contributed by atoms with E-state index in [0.29, 0.717) is 5.02 Å². The quantitative estimate of drug-likeness (QED) is 0.706. The van der Waals surface area contributed by atoms with Gasteiger partial charge in [0.05, 0.1) is 10.9 Å². The molecule has 2 aliphatic rings. The summed E-state index contributed by atoms with van der Waals surface area (Å²) in [6.45, 7) is 0. The molecule has 2 heterocycles. The van der Waals surface area contributed by atoms with E-state index in [1.807, 2.05) is 30.3 Å². The van der Waals surface area contributed by atoms with Crippen LogP contribution in [0.2, 0.25) is 5.02 Å². The van der Waals surface area contributed by atoms with Gasteiger partial charge in [0.1, 0.15) is 5.75 Å². The van der Waals surface area contributed by atoms with Crippen molar-refractivity contribution in [1.29, 1.82) is 0 Å². The second kappa shape index (κ2) is 4.48. The first kappa shape index (κ1) is 13.8. The number of hydrogen-bond donors (Lipinski definition) is 2. The summed E-state index contributed by atoms with van der Waals surface area (Å²) in [5.74, 6) is 0.263. The van der Waals surface area contributed by atoms with Gasteiger partial charge in [0.2, 0.25) is 5.91 Å². The van der Waals surface area contributed by atoms with Gasteiger partial charge in [0.15, 0.2) is 0 Å². The Labute approximate surface area is 143 Å². The number of nitrogens with zero attached hydrogens (tertiary/aromatic N) is 1. The van der Waals surface area contributed by atoms with E-state index in [2.05, 4.69) is 10.3 Å². The predicted molar refractivity (Wildman–Crippen MR) is 92.5 cm³/mol. The first-order valence-corrected chi connectivity index (χ1v) is 8.17. The molecule has 0 radical (unpaired) electrons. The van der Waals surface area contributed by atoms with Crippen molar-refractivity contribution in [2.45, 2.75) is 17.8 Å². The Morgan fingerprint density at radius 3 is 2.96 bits per heavy atom. The summed E-state index contributed by atoms with van der Waals surface area (Å²) in [5.41, 5.74) is 2.85. The van der Waals surface area contributed by atoms with Gasteiger partial charge in [-0.1, -0.05) is 17.7 Å². The van der Waals surface area contributed by atoms with E-state index in [1.54, 1.807) is 18.2 Å². The maximum Gasteiger partial charge on any atom is 0.235 e. The topological polar surface area (TPSA) is 62.2 Å². The van der Waals surface area contributed by atoms with E-state index in [-0.39, 0.29) is 17.6 Å². The van der Waals surface area contributed by atoms with Crippen molar-refractivity contribution in [1.82, 2.24) is 4.98 Å². The molecule has 1 aliphatic carbocycles. The minimum Gasteiger partial charge on any atom is -0.507 e. The molecule has 5 heteroatoms. The lowest BCUT2D eigenvalue weighted by atomic mass is 9.93. The number of phenols is 1. The molecule has 2 N–H and O–H groups in total. The highest BCUT2D eigenvalue weighted by molar-refractivity contribution is 6.31. The van der Waals surface area contributed by atoms with Crippen LogP contribution in [0.1, 0.15) is 23.6 Å². The molecule has 118 valence electrons. The number of benzene rings is 2. The number of nitrogens with one attached hydrogen (secondary N) is 1. The number of aromatic hydroxyl groups is 1. The van der Waals surface area contributed by atoms with Gasteiger partial charge in [0.25, 0.3) is 0 Å². The Balaban J connectivity index is 1.62. The average molecular weight is 337 g/mol. The van der Waals surface area contributed by atoms with E-state index < -0.39 is 5.41 Å². The van der Waals surface area contributed by atoms with Gasteiger partial charge >= 0.3 is 0 Å². The molecule has 1 aromatic heterocycles. The number of halogens is 1. The number of hydrogen-bond acceptors (Lipinski definition) is 3. The maximum absolute atomic E-state index is 12.6. The molecule has 5 rings (SSSR count). The van der Waals surface area contributed by atoms with Crippen LogP contribution in [-0.2, 0) is 10.2 Å². The van der Waals surface area contributed by atoms with E-state index in [4.69, 9.17) is 11.6 Å². The second-order valence-corrected chi connectivity index (χ2v) is 6.89. The third-order valence-electron chi connectivity index (χ3n) is 5.16. The van der Waals surface area contributed by atoms with Crippen LogP contribution >= 0.6 is 11.6 Å². The summed E-state index contributed by atoms with van der Waals surface area (Å²) in [6.07, 6.45) is 0.726. The van der Waals surface area contributed by atoms with Crippen molar-refractivity contribution in [3.05, 3.63) is 64.8 Å². The lowest BCUT2D eigenvalue weighted by Gasteiger charge is -2.09. The van der Waals surface area contributed by atoms with Crippen molar-refractivity contribution in [3.63, 3.8) is 0 Å². The third kappa shape index (κ3) is 1.69. The van der Waals surface area contributed by atoms with Crippen molar-refractivity contribution < 1.29 is 9.90 Å². The Hall–Kier alpha value is -2.59. The largest absolute Gasteiger partial charge is 0.507 e. The number of fused-ring (bicyclic) bond motifs is 3. The van der Waals surface area contributed by atoms with Crippen LogP contribution in [0.15, 0.2) is 48.5 Å². The number of aromatic nitrogens is 1. The zero-order valence-corrected chi connectivity index (χ0v) is 13.3. The summed E-state index contributed by atoms with van der Waals surface area (Å²) in [4.78, 5) is 17.3. The standard InChI is InChI=1S/C19H13ClN2O2/c20-10-4-6-15-12(8-10)19(18(24)22-15)9-13(19)16-7-5-11-14(21-16)2-1-3-17(11)23/h1-8,13,23H,9H2,(H,22,24)/t13-,19-/m1/s1. The normalized spacial score (nSPS) is 24.2. The van der Waals surface area contributed by atoms with E-state index in [9.17, 15) is 9.90 Å². The van der Waals surface area contributed by atoms with Gasteiger partial charge in [-0.2, -0.15) is 0 Å². The monoisotopic (exact) mass is 336 g/mol. The zero-order chi connectivity index (χ0) is 16.5. The fraction of sp³-hybridized carbons (Fsp3) is 0.158. The number of anilines is 1. The zero-order valence-electron chi connectivity index (χ0n) is 12.6. The van der Waals surface area contributed by atoms with Crippen LogP contribution < -0.4 is 5.32 Å². The molecule has 0 unspecified atom stereocenters. The molecule has 2 atom stereocenters. The molecule has 1 aliphatic heterocycles. The molecule has 24 heavy (non-hydrogen) atoms. The van der Waals surface area contributed by atoms with Gasteiger partial charge in [-0.25, -0.2) is 0 Å². The maximum atomic E-state index is 12.6. The van der Waals surface area contributed by atoms with E-state index in [1.165, 1.54) is 0 Å². The average Bonchev–Trinajstić information content (AvgIpc) is 3.27. The van der Waals surface area contributed by atoms with Crippen molar-refractivity contribution in [2.24, 2.45) is 0 Å². The molecular formula is C19H13ClN2O2. The molecule has 1 amide bonds. The molecular weight excluding hydrogens is 324 g/mol. The van der Waals surface area contributed by atoms with Crippen LogP contribution in [0.3, 0.4) is 0 Å². The number of rotatable bonds is 1. The van der Waals surface area contributed by atoms with Gasteiger partial charge in [-0.05, 0) is 54.4 Å². The minimum absolute atomic E-state index is 0.0163. The number of amides is 1. The number of carbonyl (C=O) groups is 1. The summed E-state index contributed by atoms with van der Waals surface area (Å²) in [6, 6.07) is 14.6. The van der Waals surface area contributed by atoms with Gasteiger partial charge in [-0.3, -0.25) is 9.78 Å². The van der Waals surface area contributed by atoms with Crippen LogP contribution in [-0.4, -0.2) is 16.0 Å². The van der Waals surface area contributed by atoms with Crippen molar-refractivity contribution in [3.8, 4) is 5.75 Å². The van der Waals surface area contributed by atoms with Gasteiger partial charge < -0.3 is 10.4 Å². The first-order valence-electron chi connectivity index (χ1n) is 7.80. The fourth-order valence-electron chi connectivity index (χ4n) is 3.87. The summed E-state index contributed by atoms with van der Waals surface area (Å²) < 4.78 is 0. The molecule has 4 nitrogen and oxygen atoms in total. The van der Waals surface area contributed by atoms with E-state index >= 15 is 0 Å². The summed E-state index contributed by atoms with van der Waals surface area (Å²) in [5, 5.41) is 14.2. The highest BCUT2D eigenvalue weighted by Crippen LogP contribution is 2.64. The summed E-state index contributed by atoms with van der Waals surface area (Å²) >= 11 is 6.13. The lowest BCUT2D eigenvalue weighted by Crippen LogP contribution is -2.21. The van der Waals surface area contributed by atoms with Crippen molar-refractivity contribution in [2.75, 3.05) is 5.32 Å². The smallest absolute Gasteiger partial charge is 0.235 e. The van der Waals surface area contributed by atoms with Crippen LogP contribution in [0, 0.1) is 0 Å². The minimum atomic E-state index is -0.558. The van der Waals surface area contributed by atoms with E-state index in [0.717, 1.165) is 34.3 Å². The SMILES string of the molecule is O=C1Nc2ccc(Cl)cc2[C@@]12C[C@@H]2c1ccc2c(O)cccc2n1. The van der Waals surface area contributed by atoms with Crippen LogP contribution in [0.4, 0.5) is 5.69 Å². The molecule has 3 aromatic rings. The second-order valence-electron chi connectivity index (χ2n) is 6.45. The van der Waals surface area contributed by atoms with Crippen LogP contribution in [0.25, 0.3) is 10.9 Å². The Bertz CT molecular complexity index is 1030. The number of phenolic OH excluding ortho intramolecular Hbond substituents is 1. The highest BCUT2D eigenvalue weighted by atomic mass is 35.5. The Kier molecular flexibility index (Phi) is 2.58. The molecule has 1 fully saturated rings. The Morgan fingerprint density at radius 2 is 2.08 bits per heavy atom. The lowest BCUT2D eigenvalue weighted by molar-refractivity contribution is -0.118. The van der Waals surface area contributed by atoms with Crippen molar-refractivity contribution >= 4 is 34.1 Å². The van der Waals surface area contributed by atoms with Crippen LogP contribution in [0.5, 0.6) is 5.75 Å². The molecule has 1 spiro atoms. The third-order valence-corrected chi connectivity index (χ3v) is 5.40. The van der Waals surface area contributed by atoms with Gasteiger partial charge in [-0.15, -0.1) is 0 Å². The first-order chi connectivity index (χ1) is 11.6. The number of carbonyl (C=O) groups excluding carboxylic acids is 1. The molecule has 1 saturated carbocycles. The fourth-order valence-corrected chi connectivity index (χ4v) is 4.04. The Morgan fingerprint density at radius 1 is 1.21 bits per heavy atom. The summed E-state index contributed by atoms with van der Waals surface area (Å²) in [7, 11) is 0. The highest BCUT2D eigenvalue weighted by Gasteiger charge is 2.65. The molecule has 2 aromatic carbocycles. The number of pyridine rings is 1. The molecule has 0 bridgehead atoms.